The molecule has 0 N–H and O–H groups in total. The molecular formula is C111H206O12. The van der Waals surface area contributed by atoms with Crippen LogP contribution in [0.25, 0.3) is 0 Å². The maximum atomic E-state index is 12.8. The molecule has 0 radical (unpaired) electrons. The Hall–Kier alpha value is -3.18. The van der Waals surface area contributed by atoms with E-state index in [9.17, 15) is 28.8 Å². The van der Waals surface area contributed by atoms with Gasteiger partial charge in [0, 0.05) is 5.41 Å². The SMILES string of the molecule is CCC(C)(C)C(=O)OC1(C(C)(C)C)CCCCC1.CCC(C)(C)C(=O)OC1(C2CCCCC2)CCCC(C)(C)C1.CCC(C)(C)C(=O)OC1(C2CCCCC2)CCCCC1.CCCCCCC1(OC(=O)C(C)CC)CCCC1.CCCCCCCC1(OC(=O)C(C)(C)CC)CCCCC1.CCCCCCCCC1(OC(=O)C(C)(C)CC)CCCCCCC1. The Balaban J connectivity index is 0.000000382. The van der Waals surface area contributed by atoms with Gasteiger partial charge in [-0.2, -0.15) is 0 Å². The number of hydrogen-bond acceptors (Lipinski definition) is 12. The molecule has 0 aliphatic heterocycles. The fourth-order valence-electron chi connectivity index (χ4n) is 20.5. The summed E-state index contributed by atoms with van der Waals surface area (Å²) in [5.74, 6) is 1.35. The lowest BCUT2D eigenvalue weighted by Gasteiger charge is -2.50. The van der Waals surface area contributed by atoms with Crippen LogP contribution in [0.5, 0.6) is 0 Å². The standard InChI is InChI=1S/C22H42O2.C20H36O2.C19H36O2.C18H32O2.2C16H30O2/c1-5-7-8-9-11-14-17-22(18-15-12-10-13-16-19-22)24-20(23)21(3,4)6-2;1-6-19(4,5)17(21)22-20(16-11-8-7-9-12-16)14-10-13-18(2,3)15-20;1-5-7-8-9-11-14-19(15-12-10-13-16-19)21-17(20)18(3,4)6-2;1-4-17(2,3)16(19)20-18(13-9-6-10-14-18)15-11-7-5-8-12-15;1-7-15(5,6)13(17)18-16(14(2,3)4)11-9-8-10-12-16;1-4-6-7-8-11-16(12-9-10-13-16)18-15(17)14(3)5-2/h5-19H2,1-4H3;16H,6-15H2,1-5H3;5-16H2,1-4H3;15H,4-14H2,1-3H3;7-12H2,1-6H3;14H,4-13H2,1-3H3. The van der Waals surface area contributed by atoms with Crippen molar-refractivity contribution in [3.63, 3.8) is 0 Å². The summed E-state index contributed by atoms with van der Waals surface area (Å²) in [5.41, 5.74) is -2.42. The highest BCUT2D eigenvalue weighted by molar-refractivity contribution is 5.78. The molecule has 8 aliphatic carbocycles. The van der Waals surface area contributed by atoms with Crippen molar-refractivity contribution < 1.29 is 57.2 Å². The molecular weight excluding hydrogens is 1530 g/mol. The van der Waals surface area contributed by atoms with Gasteiger partial charge in [-0.1, -0.05) is 258 Å². The maximum absolute atomic E-state index is 12.8. The molecule has 722 valence electrons. The molecule has 12 heteroatoms. The highest BCUT2D eigenvalue weighted by atomic mass is 16.6. The first-order valence-corrected chi connectivity index (χ1v) is 53.3. The first-order chi connectivity index (χ1) is 57.9. The van der Waals surface area contributed by atoms with Gasteiger partial charge in [0.05, 0.1) is 33.0 Å². The van der Waals surface area contributed by atoms with Crippen LogP contribution >= 0.6 is 0 Å². The number of esters is 6. The Kier molecular flexibility index (Phi) is 51.8. The van der Waals surface area contributed by atoms with Crippen LogP contribution in [0.4, 0.5) is 0 Å². The summed E-state index contributed by atoms with van der Waals surface area (Å²) in [4.78, 5) is 75.0. The zero-order valence-corrected chi connectivity index (χ0v) is 86.4. The van der Waals surface area contributed by atoms with E-state index in [1.165, 1.54) is 276 Å². The largest absolute Gasteiger partial charge is 0.459 e. The third-order valence-electron chi connectivity index (χ3n) is 32.4. The highest BCUT2D eigenvalue weighted by Gasteiger charge is 2.52. The lowest BCUT2D eigenvalue weighted by atomic mass is 9.62. The number of unbranched alkanes of at least 4 members (excludes halogenated alkanes) is 12. The minimum Gasteiger partial charge on any atom is -0.459 e. The normalized spacial score (nSPS) is 22.0. The minimum absolute atomic E-state index is 0.0143. The summed E-state index contributed by atoms with van der Waals surface area (Å²) in [5, 5.41) is 0. The minimum atomic E-state index is -0.365. The average Bonchev–Trinajstić information content (AvgIpc) is 1.01. The van der Waals surface area contributed by atoms with Crippen LogP contribution in [-0.2, 0) is 57.2 Å². The Labute approximate surface area is 762 Å². The van der Waals surface area contributed by atoms with E-state index in [1.807, 2.05) is 83.1 Å². The molecule has 8 aliphatic rings. The third-order valence-corrected chi connectivity index (χ3v) is 32.4. The average molecular weight is 1730 g/mol. The lowest BCUT2D eigenvalue weighted by Crippen LogP contribution is -2.50. The van der Waals surface area contributed by atoms with Gasteiger partial charge in [-0.3, -0.25) is 28.8 Å². The predicted octanol–water partition coefficient (Wildman–Crippen LogP) is 33.9. The van der Waals surface area contributed by atoms with Crippen molar-refractivity contribution in [3.8, 4) is 0 Å². The van der Waals surface area contributed by atoms with Crippen LogP contribution in [0, 0.1) is 55.7 Å². The van der Waals surface area contributed by atoms with Crippen molar-refractivity contribution in [2.75, 3.05) is 0 Å². The molecule has 0 saturated heterocycles. The lowest BCUT2D eigenvalue weighted by molar-refractivity contribution is -0.190. The first-order valence-electron chi connectivity index (χ1n) is 53.3. The van der Waals surface area contributed by atoms with Gasteiger partial charge >= 0.3 is 35.8 Å². The molecule has 8 saturated carbocycles. The molecule has 0 aromatic heterocycles. The summed E-state index contributed by atoms with van der Waals surface area (Å²) in [6, 6.07) is 0. The van der Waals surface area contributed by atoms with Crippen LogP contribution in [0.3, 0.4) is 0 Å². The summed E-state index contributed by atoms with van der Waals surface area (Å²) in [6.45, 7) is 52.5. The van der Waals surface area contributed by atoms with Gasteiger partial charge in [-0.05, 0) is 343 Å². The molecule has 0 bridgehead atoms. The molecule has 123 heavy (non-hydrogen) atoms. The second kappa shape index (κ2) is 55.9. The second-order valence-corrected chi connectivity index (χ2v) is 46.3. The Morgan fingerprint density at radius 2 is 0.545 bits per heavy atom. The quantitative estimate of drug-likeness (QED) is 0.0328. The van der Waals surface area contributed by atoms with Crippen molar-refractivity contribution >= 4 is 35.8 Å². The van der Waals surface area contributed by atoms with Gasteiger partial charge in [0.15, 0.2) is 0 Å². The third kappa shape index (κ3) is 39.0. The van der Waals surface area contributed by atoms with Gasteiger partial charge < -0.3 is 28.4 Å². The van der Waals surface area contributed by atoms with Crippen molar-refractivity contribution in [2.24, 2.45) is 55.7 Å². The predicted molar refractivity (Wildman–Crippen MR) is 518 cm³/mol. The molecule has 2 atom stereocenters. The zero-order valence-electron chi connectivity index (χ0n) is 86.4. The summed E-state index contributed by atoms with van der Waals surface area (Å²) >= 11 is 0. The molecule has 8 fully saturated rings. The van der Waals surface area contributed by atoms with E-state index in [0.717, 1.165) is 135 Å². The number of carbonyl (C=O) groups excluding carboxylic acids is 6. The number of ether oxygens (including phenoxy) is 6. The molecule has 8 rings (SSSR count). The number of hydrogen-bond donors (Lipinski definition) is 0. The summed E-state index contributed by atoms with van der Waals surface area (Å²) in [6.07, 6.45) is 75.9. The molecule has 0 aromatic carbocycles. The summed E-state index contributed by atoms with van der Waals surface area (Å²) < 4.78 is 36.9. The van der Waals surface area contributed by atoms with E-state index in [1.54, 1.807) is 0 Å². The van der Waals surface area contributed by atoms with Gasteiger partial charge in [-0.25, -0.2) is 0 Å². The Morgan fingerprint density at radius 3 is 0.886 bits per heavy atom. The van der Waals surface area contributed by atoms with E-state index < -0.39 is 0 Å². The molecule has 2 unspecified atom stereocenters. The van der Waals surface area contributed by atoms with Crippen LogP contribution in [0.2, 0.25) is 0 Å². The highest BCUT2D eigenvalue weighted by Crippen LogP contribution is 2.53. The number of rotatable bonds is 38. The zero-order chi connectivity index (χ0) is 92.2. The fraction of sp³-hybridized carbons (Fsp3) is 0.946. The number of carbonyl (C=O) groups is 6. The Morgan fingerprint density at radius 1 is 0.285 bits per heavy atom. The molecule has 12 nitrogen and oxygen atoms in total. The van der Waals surface area contributed by atoms with Gasteiger partial charge in [0.2, 0.25) is 0 Å². The van der Waals surface area contributed by atoms with Crippen LogP contribution < -0.4 is 0 Å². The van der Waals surface area contributed by atoms with Gasteiger partial charge in [0.25, 0.3) is 0 Å². The monoisotopic (exact) mass is 1730 g/mol. The maximum Gasteiger partial charge on any atom is 0.312 e. The van der Waals surface area contributed by atoms with E-state index >= 15 is 0 Å². The van der Waals surface area contributed by atoms with Crippen molar-refractivity contribution in [2.45, 2.75) is 618 Å². The van der Waals surface area contributed by atoms with Gasteiger partial charge in [0.1, 0.15) is 33.6 Å². The van der Waals surface area contributed by atoms with E-state index in [4.69, 9.17) is 28.4 Å². The van der Waals surface area contributed by atoms with Crippen molar-refractivity contribution in [3.05, 3.63) is 0 Å². The topological polar surface area (TPSA) is 158 Å². The van der Waals surface area contributed by atoms with E-state index in [2.05, 4.69) is 90.0 Å². The molecule has 0 heterocycles. The molecule has 0 spiro atoms. The van der Waals surface area contributed by atoms with Crippen LogP contribution in [-0.4, -0.2) is 69.4 Å². The summed E-state index contributed by atoms with van der Waals surface area (Å²) in [7, 11) is 0. The van der Waals surface area contributed by atoms with Crippen LogP contribution in [0.1, 0.15) is 584 Å². The van der Waals surface area contributed by atoms with Gasteiger partial charge in [-0.15, -0.1) is 0 Å². The Bertz CT molecular complexity index is 2880. The van der Waals surface area contributed by atoms with Crippen molar-refractivity contribution in [1.29, 1.82) is 0 Å². The molecule has 0 aromatic rings. The van der Waals surface area contributed by atoms with Crippen LogP contribution in [0.15, 0.2) is 0 Å². The second-order valence-electron chi connectivity index (χ2n) is 46.3. The van der Waals surface area contributed by atoms with Crippen molar-refractivity contribution in [1.82, 2.24) is 0 Å². The van der Waals surface area contributed by atoms with E-state index in [-0.39, 0.29) is 108 Å². The molecule has 0 amide bonds. The fourth-order valence-corrected chi connectivity index (χ4v) is 20.5. The smallest absolute Gasteiger partial charge is 0.312 e. The first kappa shape index (κ1) is 114. The van der Waals surface area contributed by atoms with E-state index in [0.29, 0.717) is 17.3 Å².